The minimum absolute atomic E-state index is 0.00612. The molecule has 1 heterocycles. The Morgan fingerprint density at radius 2 is 2.09 bits per heavy atom. The highest BCUT2D eigenvalue weighted by Gasteiger charge is 2.38. The molecule has 1 atom stereocenters. The standard InChI is InChI=1S/C17H25NO5/c1-4-7-22-14-9-12(10-20)8-13-16(14)23-15(11(2)3)17(21)18(13)5-6-19/h8-9,11,15,19-20H,4-7,10H2,1-3H3. The van der Waals surface area contributed by atoms with Crippen molar-refractivity contribution >= 4 is 11.6 Å². The first kappa shape index (κ1) is 17.6. The summed E-state index contributed by atoms with van der Waals surface area (Å²) < 4.78 is 11.7. The second kappa shape index (κ2) is 7.66. The predicted molar refractivity (Wildman–Crippen MR) is 86.8 cm³/mol. The zero-order valence-corrected chi connectivity index (χ0v) is 13.9. The Kier molecular flexibility index (Phi) is 5.85. The molecule has 0 aliphatic carbocycles. The van der Waals surface area contributed by atoms with Gasteiger partial charge in [-0.05, 0) is 30.0 Å². The highest BCUT2D eigenvalue weighted by Crippen LogP contribution is 2.44. The highest BCUT2D eigenvalue weighted by molar-refractivity contribution is 6.01. The first-order valence-electron chi connectivity index (χ1n) is 8.02. The van der Waals surface area contributed by atoms with E-state index in [-0.39, 0.29) is 31.6 Å². The molecule has 1 aliphatic heterocycles. The Labute approximate surface area is 136 Å². The summed E-state index contributed by atoms with van der Waals surface area (Å²) in [6, 6.07) is 3.44. The van der Waals surface area contributed by atoms with Crippen LogP contribution in [0.15, 0.2) is 12.1 Å². The molecule has 1 unspecified atom stereocenters. The van der Waals surface area contributed by atoms with E-state index in [1.54, 1.807) is 12.1 Å². The van der Waals surface area contributed by atoms with E-state index in [9.17, 15) is 15.0 Å². The third-order valence-electron chi connectivity index (χ3n) is 3.71. The summed E-state index contributed by atoms with van der Waals surface area (Å²) in [5.74, 6) is 0.836. The van der Waals surface area contributed by atoms with Crippen LogP contribution in [0.1, 0.15) is 32.8 Å². The Balaban J connectivity index is 2.52. The van der Waals surface area contributed by atoms with Gasteiger partial charge in [-0.2, -0.15) is 0 Å². The molecule has 2 rings (SSSR count). The molecule has 6 heteroatoms. The molecule has 0 radical (unpaired) electrons. The second-order valence-corrected chi connectivity index (χ2v) is 5.94. The van der Waals surface area contributed by atoms with E-state index in [0.29, 0.717) is 29.4 Å². The fourth-order valence-electron chi connectivity index (χ4n) is 2.57. The zero-order valence-electron chi connectivity index (χ0n) is 13.9. The van der Waals surface area contributed by atoms with E-state index >= 15 is 0 Å². The first-order chi connectivity index (χ1) is 11.0. The highest BCUT2D eigenvalue weighted by atomic mass is 16.5. The SMILES string of the molecule is CCCOc1cc(CO)cc2c1OC(C(C)C)C(=O)N2CCO. The minimum Gasteiger partial charge on any atom is -0.490 e. The summed E-state index contributed by atoms with van der Waals surface area (Å²) in [4.78, 5) is 14.1. The van der Waals surface area contributed by atoms with Crippen molar-refractivity contribution in [2.45, 2.75) is 39.9 Å². The maximum Gasteiger partial charge on any atom is 0.268 e. The fourth-order valence-corrected chi connectivity index (χ4v) is 2.57. The monoisotopic (exact) mass is 323 g/mol. The molecular formula is C17H25NO5. The molecule has 128 valence electrons. The number of β-amino-alcohol motifs (C(OH)–C–C–N with tert-alkyl or cyclic N) is 1. The number of hydrogen-bond donors (Lipinski definition) is 2. The molecule has 0 aromatic heterocycles. The van der Waals surface area contributed by atoms with Crippen molar-refractivity contribution in [2.24, 2.45) is 5.92 Å². The van der Waals surface area contributed by atoms with Crippen molar-refractivity contribution in [1.82, 2.24) is 0 Å². The maximum atomic E-state index is 12.6. The summed E-state index contributed by atoms with van der Waals surface area (Å²) in [5, 5.41) is 18.8. The lowest BCUT2D eigenvalue weighted by atomic mass is 10.0. The molecule has 2 N–H and O–H groups in total. The van der Waals surface area contributed by atoms with E-state index in [1.165, 1.54) is 4.90 Å². The van der Waals surface area contributed by atoms with Crippen LogP contribution in [0.2, 0.25) is 0 Å². The molecule has 0 spiro atoms. The summed E-state index contributed by atoms with van der Waals surface area (Å²) in [7, 11) is 0. The van der Waals surface area contributed by atoms with Crippen molar-refractivity contribution in [3.05, 3.63) is 17.7 Å². The predicted octanol–water partition coefficient (Wildman–Crippen LogP) is 1.71. The number of rotatable bonds is 7. The molecule has 1 aromatic carbocycles. The summed E-state index contributed by atoms with van der Waals surface area (Å²) in [6.45, 7) is 6.22. The Bertz CT molecular complexity index is 558. The largest absolute Gasteiger partial charge is 0.490 e. The van der Waals surface area contributed by atoms with E-state index in [0.717, 1.165) is 6.42 Å². The van der Waals surface area contributed by atoms with Gasteiger partial charge in [-0.3, -0.25) is 4.79 Å². The molecule has 1 aliphatic rings. The fraction of sp³-hybridized carbons (Fsp3) is 0.588. The second-order valence-electron chi connectivity index (χ2n) is 5.94. The quantitative estimate of drug-likeness (QED) is 0.798. The van der Waals surface area contributed by atoms with Crippen LogP contribution in [0.25, 0.3) is 0 Å². The van der Waals surface area contributed by atoms with Gasteiger partial charge in [0.25, 0.3) is 5.91 Å². The molecule has 0 saturated carbocycles. The summed E-state index contributed by atoms with van der Waals surface area (Å²) >= 11 is 0. The molecule has 1 amide bonds. The van der Waals surface area contributed by atoms with Crippen LogP contribution in [-0.2, 0) is 11.4 Å². The lowest BCUT2D eigenvalue weighted by Gasteiger charge is -2.36. The first-order valence-corrected chi connectivity index (χ1v) is 8.02. The van der Waals surface area contributed by atoms with Gasteiger partial charge in [-0.15, -0.1) is 0 Å². The number of fused-ring (bicyclic) bond motifs is 1. The van der Waals surface area contributed by atoms with Crippen LogP contribution in [0.4, 0.5) is 5.69 Å². The van der Waals surface area contributed by atoms with E-state index in [4.69, 9.17) is 9.47 Å². The number of carbonyl (C=O) groups is 1. The van der Waals surface area contributed by atoms with Crippen LogP contribution >= 0.6 is 0 Å². The average molecular weight is 323 g/mol. The van der Waals surface area contributed by atoms with E-state index < -0.39 is 6.10 Å². The van der Waals surface area contributed by atoms with E-state index in [2.05, 4.69) is 0 Å². The van der Waals surface area contributed by atoms with Crippen LogP contribution in [0.3, 0.4) is 0 Å². The molecular weight excluding hydrogens is 298 g/mol. The Hall–Kier alpha value is -1.79. The molecule has 23 heavy (non-hydrogen) atoms. The lowest BCUT2D eigenvalue weighted by Crippen LogP contribution is -2.49. The number of aliphatic hydroxyl groups excluding tert-OH is 2. The van der Waals surface area contributed by atoms with Gasteiger partial charge in [-0.1, -0.05) is 20.8 Å². The normalized spacial score (nSPS) is 17.2. The van der Waals surface area contributed by atoms with Gasteiger partial charge >= 0.3 is 0 Å². The number of nitrogens with zero attached hydrogens (tertiary/aromatic N) is 1. The van der Waals surface area contributed by atoms with Crippen molar-refractivity contribution in [3.8, 4) is 11.5 Å². The minimum atomic E-state index is -0.613. The number of aliphatic hydroxyl groups is 2. The van der Waals surface area contributed by atoms with Crippen molar-refractivity contribution in [2.75, 3.05) is 24.7 Å². The average Bonchev–Trinajstić information content (AvgIpc) is 2.54. The number of hydrogen-bond acceptors (Lipinski definition) is 5. The number of amides is 1. The van der Waals surface area contributed by atoms with Crippen LogP contribution in [0.5, 0.6) is 11.5 Å². The zero-order chi connectivity index (χ0) is 17.0. The van der Waals surface area contributed by atoms with Crippen molar-refractivity contribution < 1.29 is 24.5 Å². The van der Waals surface area contributed by atoms with Gasteiger partial charge < -0.3 is 24.6 Å². The van der Waals surface area contributed by atoms with Gasteiger partial charge in [0, 0.05) is 6.54 Å². The van der Waals surface area contributed by atoms with Crippen molar-refractivity contribution in [3.63, 3.8) is 0 Å². The molecule has 6 nitrogen and oxygen atoms in total. The number of ether oxygens (including phenoxy) is 2. The van der Waals surface area contributed by atoms with Gasteiger partial charge in [0.05, 0.1) is 25.5 Å². The molecule has 0 bridgehead atoms. The lowest BCUT2D eigenvalue weighted by molar-refractivity contribution is -0.128. The topological polar surface area (TPSA) is 79.2 Å². The number of benzene rings is 1. The van der Waals surface area contributed by atoms with Gasteiger partial charge in [0.2, 0.25) is 0 Å². The molecule has 0 fully saturated rings. The van der Waals surface area contributed by atoms with Gasteiger partial charge in [-0.25, -0.2) is 0 Å². The molecule has 0 saturated heterocycles. The van der Waals surface area contributed by atoms with Gasteiger partial charge in [0.15, 0.2) is 17.6 Å². The van der Waals surface area contributed by atoms with Crippen LogP contribution in [0, 0.1) is 5.92 Å². The third-order valence-corrected chi connectivity index (χ3v) is 3.71. The summed E-state index contributed by atoms with van der Waals surface area (Å²) in [6.07, 6.45) is 0.225. The maximum absolute atomic E-state index is 12.6. The van der Waals surface area contributed by atoms with Crippen molar-refractivity contribution in [1.29, 1.82) is 0 Å². The number of carbonyl (C=O) groups excluding carboxylic acids is 1. The Morgan fingerprint density at radius 1 is 1.35 bits per heavy atom. The van der Waals surface area contributed by atoms with Crippen LogP contribution < -0.4 is 14.4 Å². The smallest absolute Gasteiger partial charge is 0.268 e. The third kappa shape index (κ3) is 3.59. The Morgan fingerprint density at radius 3 is 2.65 bits per heavy atom. The van der Waals surface area contributed by atoms with Crippen LogP contribution in [-0.4, -0.2) is 42.0 Å². The molecule has 1 aromatic rings. The van der Waals surface area contributed by atoms with Gasteiger partial charge in [0.1, 0.15) is 0 Å². The van der Waals surface area contributed by atoms with E-state index in [1.807, 2.05) is 20.8 Å². The number of anilines is 1. The summed E-state index contributed by atoms with van der Waals surface area (Å²) in [5.41, 5.74) is 1.18.